The van der Waals surface area contributed by atoms with Gasteiger partial charge in [-0.1, -0.05) is 11.2 Å². The van der Waals surface area contributed by atoms with Crippen molar-refractivity contribution in [3.05, 3.63) is 63.0 Å². The van der Waals surface area contributed by atoms with Crippen LogP contribution in [-0.2, 0) is 19.4 Å². The lowest BCUT2D eigenvalue weighted by Crippen LogP contribution is -2.19. The van der Waals surface area contributed by atoms with Crippen LogP contribution in [0.25, 0.3) is 0 Å². The lowest BCUT2D eigenvalue weighted by atomic mass is 10.2. The van der Waals surface area contributed by atoms with E-state index in [1.807, 2.05) is 36.3 Å². The zero-order chi connectivity index (χ0) is 17.6. The van der Waals surface area contributed by atoms with Crippen molar-refractivity contribution in [1.29, 1.82) is 0 Å². The van der Waals surface area contributed by atoms with Gasteiger partial charge in [-0.15, -0.1) is 0 Å². The second kappa shape index (κ2) is 7.65. The van der Waals surface area contributed by atoms with E-state index >= 15 is 0 Å². The summed E-state index contributed by atoms with van der Waals surface area (Å²) in [6.45, 7) is 1.07. The SMILES string of the molecule is CN(CCCc1cc(CCn2oc(=O)[nH]c2=O)no1)c1ccccn1. The number of nitrogens with one attached hydrogen (secondary N) is 1. The van der Waals surface area contributed by atoms with E-state index in [2.05, 4.69) is 15.0 Å². The molecule has 0 fully saturated rings. The fraction of sp³-hybridized carbons (Fsp3) is 0.375. The van der Waals surface area contributed by atoms with Crippen LogP contribution in [0.1, 0.15) is 17.9 Å². The van der Waals surface area contributed by atoms with Crippen LogP contribution in [0.5, 0.6) is 0 Å². The van der Waals surface area contributed by atoms with E-state index in [9.17, 15) is 9.59 Å². The third-order valence-electron chi connectivity index (χ3n) is 3.76. The van der Waals surface area contributed by atoms with Crippen LogP contribution in [-0.4, -0.2) is 33.5 Å². The van der Waals surface area contributed by atoms with Crippen LogP contribution >= 0.6 is 0 Å². The zero-order valence-electron chi connectivity index (χ0n) is 13.8. The first kappa shape index (κ1) is 16.7. The molecule has 3 rings (SSSR count). The maximum absolute atomic E-state index is 11.3. The number of hydrogen-bond acceptors (Lipinski definition) is 7. The van der Waals surface area contributed by atoms with Crippen molar-refractivity contribution in [3.8, 4) is 0 Å². The lowest BCUT2D eigenvalue weighted by Gasteiger charge is -2.17. The summed E-state index contributed by atoms with van der Waals surface area (Å²) >= 11 is 0. The molecule has 0 aliphatic heterocycles. The number of hydrogen-bond donors (Lipinski definition) is 1. The fourth-order valence-corrected chi connectivity index (χ4v) is 2.45. The van der Waals surface area contributed by atoms with Crippen molar-refractivity contribution in [2.75, 3.05) is 18.5 Å². The molecule has 0 atom stereocenters. The van der Waals surface area contributed by atoms with Crippen LogP contribution in [0.4, 0.5) is 5.82 Å². The Hall–Kier alpha value is -3.10. The maximum atomic E-state index is 11.3. The summed E-state index contributed by atoms with van der Waals surface area (Å²) in [6, 6.07) is 7.67. The second-order valence-corrected chi connectivity index (χ2v) is 5.66. The molecule has 3 heterocycles. The average Bonchev–Trinajstić information content (AvgIpc) is 3.19. The minimum atomic E-state index is -0.761. The molecule has 132 valence electrons. The quantitative estimate of drug-likeness (QED) is 0.643. The lowest BCUT2D eigenvalue weighted by molar-refractivity contribution is 0.242. The normalized spacial score (nSPS) is 10.9. The van der Waals surface area contributed by atoms with E-state index in [1.165, 1.54) is 0 Å². The van der Waals surface area contributed by atoms with Gasteiger partial charge in [0, 0.05) is 38.7 Å². The van der Waals surface area contributed by atoms with Gasteiger partial charge in [-0.05, 0) is 18.6 Å². The van der Waals surface area contributed by atoms with Crippen LogP contribution in [0.15, 0.2) is 49.1 Å². The Morgan fingerprint density at radius 2 is 2.16 bits per heavy atom. The molecule has 0 spiro atoms. The number of H-pyrrole nitrogens is 1. The Balaban J connectivity index is 1.46. The predicted octanol–water partition coefficient (Wildman–Crippen LogP) is 0.824. The Morgan fingerprint density at radius 3 is 2.88 bits per heavy atom. The van der Waals surface area contributed by atoms with Crippen molar-refractivity contribution in [2.45, 2.75) is 25.8 Å². The monoisotopic (exact) mass is 345 g/mol. The first-order valence-corrected chi connectivity index (χ1v) is 7.99. The largest absolute Gasteiger partial charge is 0.440 e. The summed E-state index contributed by atoms with van der Waals surface area (Å²) in [5.74, 6) is 0.953. The van der Waals surface area contributed by atoms with Crippen molar-refractivity contribution < 1.29 is 9.05 Å². The fourth-order valence-electron chi connectivity index (χ4n) is 2.45. The average molecular weight is 345 g/mol. The Labute approximate surface area is 142 Å². The molecule has 0 aliphatic rings. The highest BCUT2D eigenvalue weighted by Gasteiger charge is 2.08. The molecule has 0 saturated heterocycles. The highest BCUT2D eigenvalue weighted by Crippen LogP contribution is 2.11. The third-order valence-corrected chi connectivity index (χ3v) is 3.76. The van der Waals surface area contributed by atoms with Gasteiger partial charge in [0.25, 0.3) is 0 Å². The van der Waals surface area contributed by atoms with Gasteiger partial charge in [0.2, 0.25) is 0 Å². The van der Waals surface area contributed by atoms with E-state index < -0.39 is 11.4 Å². The molecular weight excluding hydrogens is 326 g/mol. The number of pyridine rings is 1. The molecule has 0 radical (unpaired) electrons. The van der Waals surface area contributed by atoms with Gasteiger partial charge in [-0.25, -0.2) is 19.6 Å². The molecule has 1 N–H and O–H groups in total. The van der Waals surface area contributed by atoms with Crippen LogP contribution in [0.3, 0.4) is 0 Å². The maximum Gasteiger partial charge on any atom is 0.440 e. The molecule has 0 unspecified atom stereocenters. The molecule has 9 nitrogen and oxygen atoms in total. The van der Waals surface area contributed by atoms with Gasteiger partial charge in [0.1, 0.15) is 11.6 Å². The molecule has 0 aliphatic carbocycles. The Bertz CT molecular complexity index is 908. The third kappa shape index (κ3) is 4.46. The van der Waals surface area contributed by atoms with Crippen LogP contribution in [0, 0.1) is 0 Å². The predicted molar refractivity (Wildman–Crippen MR) is 89.6 cm³/mol. The Kier molecular flexibility index (Phi) is 5.12. The molecule has 0 bridgehead atoms. The number of rotatable bonds is 8. The Morgan fingerprint density at radius 1 is 1.28 bits per heavy atom. The molecule has 0 aromatic carbocycles. The number of aryl methyl sites for hydroxylation is 3. The van der Waals surface area contributed by atoms with Crippen molar-refractivity contribution >= 4 is 5.82 Å². The molecule has 0 saturated carbocycles. The minimum absolute atomic E-state index is 0.228. The van der Waals surface area contributed by atoms with E-state index in [-0.39, 0.29) is 6.54 Å². The first-order valence-electron chi connectivity index (χ1n) is 7.99. The minimum Gasteiger partial charge on any atom is -0.361 e. The highest BCUT2D eigenvalue weighted by molar-refractivity contribution is 5.36. The molecule has 3 aromatic heterocycles. The second-order valence-electron chi connectivity index (χ2n) is 5.66. The van der Waals surface area contributed by atoms with E-state index in [0.29, 0.717) is 12.1 Å². The number of nitrogens with zero attached hydrogens (tertiary/aromatic N) is 4. The van der Waals surface area contributed by atoms with Crippen molar-refractivity contribution in [3.63, 3.8) is 0 Å². The highest BCUT2D eigenvalue weighted by atomic mass is 16.5. The first-order chi connectivity index (χ1) is 12.1. The summed E-state index contributed by atoms with van der Waals surface area (Å²) in [6.07, 6.45) is 3.86. The summed E-state index contributed by atoms with van der Waals surface area (Å²) in [4.78, 5) is 30.7. The van der Waals surface area contributed by atoms with Gasteiger partial charge in [-0.3, -0.25) is 0 Å². The van der Waals surface area contributed by atoms with Crippen LogP contribution < -0.4 is 16.3 Å². The van der Waals surface area contributed by atoms with Gasteiger partial charge >= 0.3 is 11.4 Å². The number of aromatic amines is 1. The summed E-state index contributed by atoms with van der Waals surface area (Å²) < 4.78 is 11.0. The molecule has 25 heavy (non-hydrogen) atoms. The summed E-state index contributed by atoms with van der Waals surface area (Å²) in [5, 5.41) is 3.98. The molecule has 0 amide bonds. The van der Waals surface area contributed by atoms with Crippen molar-refractivity contribution in [2.24, 2.45) is 0 Å². The van der Waals surface area contributed by atoms with Gasteiger partial charge < -0.3 is 13.9 Å². The smallest absolute Gasteiger partial charge is 0.361 e. The van der Waals surface area contributed by atoms with E-state index in [1.54, 1.807) is 6.20 Å². The van der Waals surface area contributed by atoms with Gasteiger partial charge in [-0.2, -0.15) is 4.74 Å². The topological polar surface area (TPSA) is 110 Å². The molecule has 9 heteroatoms. The van der Waals surface area contributed by atoms with Crippen LogP contribution in [0.2, 0.25) is 0 Å². The molecule has 3 aromatic rings. The number of anilines is 1. The zero-order valence-corrected chi connectivity index (χ0v) is 13.8. The van der Waals surface area contributed by atoms with Crippen molar-refractivity contribution in [1.82, 2.24) is 19.9 Å². The standard InChI is InChI=1S/C16H19N5O4/c1-20(14-6-2-3-8-17-14)9-4-5-13-11-12(19-24-13)7-10-21-15(22)18-16(23)25-21/h2-3,6,8,11H,4-5,7,9-10H2,1H3,(H,18,22,23). The number of aromatic nitrogens is 4. The van der Waals surface area contributed by atoms with Gasteiger partial charge in [0.05, 0.1) is 12.2 Å². The van der Waals surface area contributed by atoms with E-state index in [4.69, 9.17) is 9.05 Å². The van der Waals surface area contributed by atoms with Gasteiger partial charge in [0.15, 0.2) is 0 Å². The molecular formula is C16H19N5O4. The van der Waals surface area contributed by atoms with E-state index in [0.717, 1.165) is 35.7 Å². The summed E-state index contributed by atoms with van der Waals surface area (Å²) in [7, 11) is 2.00. The summed E-state index contributed by atoms with van der Waals surface area (Å²) in [5.41, 5.74) is 0.148.